The third-order valence-corrected chi connectivity index (χ3v) is 5.06. The highest BCUT2D eigenvalue weighted by atomic mass is 127. The number of piperazine rings is 1. The Hall–Kier alpha value is -1.14. The third kappa shape index (κ3) is 7.78. The zero-order valence-corrected chi connectivity index (χ0v) is 19.3. The Morgan fingerprint density at radius 1 is 1.19 bits per heavy atom. The molecule has 0 bridgehead atoms. The highest BCUT2D eigenvalue weighted by Crippen LogP contribution is 2.17. The van der Waals surface area contributed by atoms with Gasteiger partial charge in [0.2, 0.25) is 10.0 Å². The molecule has 0 atom stereocenters. The number of hydrogen-bond acceptors (Lipinski definition) is 4. The SMILES string of the molecule is CN=C(NCC(C)(C)NS(C)(=O)=O)N1CCN(c2ccc(F)cc2)CC1.I. The van der Waals surface area contributed by atoms with E-state index in [4.69, 9.17) is 0 Å². The van der Waals surface area contributed by atoms with Crippen LogP contribution in [0.1, 0.15) is 13.8 Å². The minimum atomic E-state index is -3.28. The highest BCUT2D eigenvalue weighted by molar-refractivity contribution is 14.0. The van der Waals surface area contributed by atoms with Crippen molar-refractivity contribution in [3.63, 3.8) is 0 Å². The standard InChI is InChI=1S/C17H28FN5O2S.HI/c1-17(2,21-26(4,24)25)13-20-16(19-3)23-11-9-22(10-12-23)15-7-5-14(18)6-8-15;/h5-8,21H,9-13H2,1-4H3,(H,19,20);1H. The van der Waals surface area contributed by atoms with Crippen LogP contribution in [-0.2, 0) is 10.0 Å². The lowest BCUT2D eigenvalue weighted by Gasteiger charge is -2.38. The molecule has 2 N–H and O–H groups in total. The number of hydrogen-bond donors (Lipinski definition) is 2. The normalized spacial score (nSPS) is 16.1. The molecule has 27 heavy (non-hydrogen) atoms. The maximum absolute atomic E-state index is 13.1. The smallest absolute Gasteiger partial charge is 0.209 e. The first-order valence-electron chi connectivity index (χ1n) is 8.55. The summed E-state index contributed by atoms with van der Waals surface area (Å²) in [5.41, 5.74) is 0.381. The molecule has 1 fully saturated rings. The van der Waals surface area contributed by atoms with Gasteiger partial charge in [0, 0.05) is 51.0 Å². The molecule has 0 radical (unpaired) electrons. The molecule has 0 spiro atoms. The van der Waals surface area contributed by atoms with Gasteiger partial charge in [0.25, 0.3) is 0 Å². The van der Waals surface area contributed by atoms with Crippen LogP contribution in [0.15, 0.2) is 29.3 Å². The zero-order valence-electron chi connectivity index (χ0n) is 16.2. The summed E-state index contributed by atoms with van der Waals surface area (Å²) in [6.45, 7) is 7.22. The summed E-state index contributed by atoms with van der Waals surface area (Å²) in [6.07, 6.45) is 1.15. The molecule has 0 aliphatic carbocycles. The number of nitrogens with zero attached hydrogens (tertiary/aromatic N) is 3. The van der Waals surface area contributed by atoms with Crippen LogP contribution in [0, 0.1) is 5.82 Å². The molecule has 0 unspecified atom stereocenters. The Morgan fingerprint density at radius 3 is 2.22 bits per heavy atom. The van der Waals surface area contributed by atoms with E-state index < -0.39 is 15.6 Å². The third-order valence-electron chi connectivity index (χ3n) is 4.13. The molecule has 154 valence electrons. The van der Waals surface area contributed by atoms with Crippen molar-refractivity contribution in [2.45, 2.75) is 19.4 Å². The first kappa shape index (κ1) is 23.9. The number of guanidine groups is 1. The summed E-state index contributed by atoms with van der Waals surface area (Å²) in [5, 5.41) is 3.24. The van der Waals surface area contributed by atoms with Gasteiger partial charge in [-0.15, -0.1) is 24.0 Å². The van der Waals surface area contributed by atoms with Crippen LogP contribution < -0.4 is 14.9 Å². The number of benzene rings is 1. The number of sulfonamides is 1. The van der Waals surface area contributed by atoms with E-state index in [1.807, 2.05) is 13.8 Å². The fraction of sp³-hybridized carbons (Fsp3) is 0.588. The van der Waals surface area contributed by atoms with Crippen LogP contribution in [0.5, 0.6) is 0 Å². The second-order valence-electron chi connectivity index (χ2n) is 7.11. The Bertz CT molecular complexity index is 732. The summed E-state index contributed by atoms with van der Waals surface area (Å²) in [7, 11) is -1.57. The first-order valence-corrected chi connectivity index (χ1v) is 10.4. The van der Waals surface area contributed by atoms with Gasteiger partial charge in [0.05, 0.1) is 6.26 Å². The topological polar surface area (TPSA) is 77.0 Å². The van der Waals surface area contributed by atoms with Crippen molar-refractivity contribution in [1.82, 2.24) is 14.9 Å². The predicted octanol–water partition coefficient (Wildman–Crippen LogP) is 1.47. The Kier molecular flexibility index (Phi) is 8.74. The largest absolute Gasteiger partial charge is 0.368 e. The van der Waals surface area contributed by atoms with Gasteiger partial charge < -0.3 is 15.1 Å². The molecule has 0 amide bonds. The molecule has 1 aliphatic rings. The monoisotopic (exact) mass is 513 g/mol. The molecule has 7 nitrogen and oxygen atoms in total. The minimum Gasteiger partial charge on any atom is -0.368 e. The van der Waals surface area contributed by atoms with E-state index in [0.29, 0.717) is 6.54 Å². The molecule has 1 aromatic carbocycles. The van der Waals surface area contributed by atoms with E-state index in [9.17, 15) is 12.8 Å². The second-order valence-corrected chi connectivity index (χ2v) is 8.86. The van der Waals surface area contributed by atoms with Crippen LogP contribution in [0.25, 0.3) is 0 Å². The lowest BCUT2D eigenvalue weighted by Crippen LogP contribution is -2.56. The van der Waals surface area contributed by atoms with Gasteiger partial charge in [0.1, 0.15) is 5.82 Å². The number of nitrogens with one attached hydrogen (secondary N) is 2. The van der Waals surface area contributed by atoms with Gasteiger partial charge in [-0.3, -0.25) is 4.99 Å². The molecule has 1 aromatic rings. The van der Waals surface area contributed by atoms with E-state index in [2.05, 4.69) is 24.8 Å². The van der Waals surface area contributed by atoms with E-state index in [-0.39, 0.29) is 29.8 Å². The quantitative estimate of drug-likeness (QED) is 0.355. The Morgan fingerprint density at radius 2 is 1.74 bits per heavy atom. The Labute approximate surface area is 178 Å². The molecule has 1 aliphatic heterocycles. The van der Waals surface area contributed by atoms with Gasteiger partial charge in [0.15, 0.2) is 5.96 Å². The van der Waals surface area contributed by atoms with Crippen molar-refractivity contribution >= 4 is 45.6 Å². The molecule has 0 aromatic heterocycles. The number of aliphatic imine (C=N–C) groups is 1. The fourth-order valence-electron chi connectivity index (χ4n) is 3.00. The maximum Gasteiger partial charge on any atom is 0.209 e. The molecule has 1 saturated heterocycles. The van der Waals surface area contributed by atoms with E-state index in [1.54, 1.807) is 19.2 Å². The minimum absolute atomic E-state index is 0. The van der Waals surface area contributed by atoms with Crippen LogP contribution in [-0.4, -0.2) is 70.8 Å². The first-order chi connectivity index (χ1) is 12.1. The summed E-state index contributed by atoms with van der Waals surface area (Å²) in [6, 6.07) is 6.52. The van der Waals surface area contributed by atoms with Gasteiger partial charge in [-0.1, -0.05) is 0 Å². The van der Waals surface area contributed by atoms with Crippen LogP contribution in [0.4, 0.5) is 10.1 Å². The lowest BCUT2D eigenvalue weighted by molar-refractivity contribution is 0.363. The zero-order chi connectivity index (χ0) is 19.4. The predicted molar refractivity (Wildman–Crippen MR) is 119 cm³/mol. The maximum atomic E-state index is 13.1. The summed E-state index contributed by atoms with van der Waals surface area (Å²) >= 11 is 0. The number of anilines is 1. The van der Waals surface area contributed by atoms with Gasteiger partial charge >= 0.3 is 0 Å². The summed E-state index contributed by atoms with van der Waals surface area (Å²) < 4.78 is 38.6. The lowest BCUT2D eigenvalue weighted by atomic mass is 10.1. The Balaban J connectivity index is 0.00000364. The molecule has 10 heteroatoms. The molecule has 0 saturated carbocycles. The summed E-state index contributed by atoms with van der Waals surface area (Å²) in [4.78, 5) is 8.65. The second kappa shape index (κ2) is 9.87. The van der Waals surface area contributed by atoms with Gasteiger partial charge in [-0.05, 0) is 38.1 Å². The van der Waals surface area contributed by atoms with Gasteiger partial charge in [-0.25, -0.2) is 17.5 Å². The number of rotatable bonds is 5. The van der Waals surface area contributed by atoms with E-state index in [0.717, 1.165) is 44.1 Å². The van der Waals surface area contributed by atoms with Crippen molar-refractivity contribution in [2.75, 3.05) is 50.9 Å². The average molecular weight is 513 g/mol. The van der Waals surface area contributed by atoms with Crippen molar-refractivity contribution < 1.29 is 12.8 Å². The average Bonchev–Trinajstić information content (AvgIpc) is 2.54. The highest BCUT2D eigenvalue weighted by Gasteiger charge is 2.25. The van der Waals surface area contributed by atoms with Crippen molar-refractivity contribution in [1.29, 1.82) is 0 Å². The van der Waals surface area contributed by atoms with Crippen molar-refractivity contribution in [3.8, 4) is 0 Å². The molecule has 1 heterocycles. The van der Waals surface area contributed by atoms with Gasteiger partial charge in [-0.2, -0.15) is 0 Å². The fourth-order valence-corrected chi connectivity index (χ4v) is 4.07. The molecular weight excluding hydrogens is 484 g/mol. The number of halogens is 2. The van der Waals surface area contributed by atoms with Crippen molar-refractivity contribution in [2.24, 2.45) is 4.99 Å². The van der Waals surface area contributed by atoms with Crippen LogP contribution >= 0.6 is 24.0 Å². The van der Waals surface area contributed by atoms with Crippen LogP contribution in [0.3, 0.4) is 0 Å². The van der Waals surface area contributed by atoms with E-state index >= 15 is 0 Å². The van der Waals surface area contributed by atoms with E-state index in [1.165, 1.54) is 12.1 Å². The molecule has 2 rings (SSSR count). The van der Waals surface area contributed by atoms with Crippen molar-refractivity contribution in [3.05, 3.63) is 30.1 Å². The van der Waals surface area contributed by atoms with Crippen LogP contribution in [0.2, 0.25) is 0 Å². The molecular formula is C17H29FIN5O2S. The summed E-state index contributed by atoms with van der Waals surface area (Å²) in [5.74, 6) is 0.509.